The van der Waals surface area contributed by atoms with Crippen LogP contribution in [0.5, 0.6) is 0 Å². The maximum atomic E-state index is 11.8. The predicted octanol–water partition coefficient (Wildman–Crippen LogP) is 2.04. The lowest BCUT2D eigenvalue weighted by molar-refractivity contribution is -0.121. The van der Waals surface area contributed by atoms with E-state index < -0.39 is 9.84 Å². The number of aromatic amines is 1. The van der Waals surface area contributed by atoms with Gasteiger partial charge in [0.25, 0.3) is 0 Å². The van der Waals surface area contributed by atoms with Crippen LogP contribution < -0.4 is 5.32 Å². The summed E-state index contributed by atoms with van der Waals surface area (Å²) < 4.78 is 22.3. The van der Waals surface area contributed by atoms with Gasteiger partial charge in [-0.25, -0.2) is 8.42 Å². The van der Waals surface area contributed by atoms with Crippen LogP contribution in [0.25, 0.3) is 10.9 Å². The van der Waals surface area contributed by atoms with Crippen LogP contribution in [0.15, 0.2) is 30.5 Å². The molecular weight excluding hydrogens is 300 g/mol. The van der Waals surface area contributed by atoms with E-state index in [0.717, 1.165) is 18.4 Å². The molecule has 0 radical (unpaired) electrons. The minimum Gasteiger partial charge on any atom is -0.361 e. The molecule has 5 nitrogen and oxygen atoms in total. The van der Waals surface area contributed by atoms with Gasteiger partial charge in [-0.2, -0.15) is 0 Å². The number of rotatable bonds is 7. The van der Waals surface area contributed by atoms with Gasteiger partial charge in [0.15, 0.2) is 0 Å². The standard InChI is InChI=1S/C16H22N2O3S/c1-12(11-22(2,20)21)18-16(19)9-5-6-13-10-17-15-8-4-3-7-14(13)15/h3-4,7-8,10,12,17H,5-6,9,11H2,1-2H3,(H,18,19)/t12-/m0/s1. The molecule has 2 aromatic rings. The third kappa shape index (κ3) is 4.87. The van der Waals surface area contributed by atoms with Crippen LogP contribution in [-0.2, 0) is 21.1 Å². The molecule has 1 heterocycles. The van der Waals surface area contributed by atoms with Crippen LogP contribution >= 0.6 is 0 Å². The Hall–Kier alpha value is -1.82. The number of H-pyrrole nitrogens is 1. The van der Waals surface area contributed by atoms with Gasteiger partial charge >= 0.3 is 0 Å². The van der Waals surface area contributed by atoms with Crippen LogP contribution in [0.2, 0.25) is 0 Å². The van der Waals surface area contributed by atoms with E-state index in [0.29, 0.717) is 6.42 Å². The zero-order valence-electron chi connectivity index (χ0n) is 12.9. The number of nitrogens with one attached hydrogen (secondary N) is 2. The highest BCUT2D eigenvalue weighted by Crippen LogP contribution is 2.19. The second kappa shape index (κ2) is 6.96. The van der Waals surface area contributed by atoms with Crippen LogP contribution in [0.3, 0.4) is 0 Å². The van der Waals surface area contributed by atoms with Crippen molar-refractivity contribution in [2.75, 3.05) is 12.0 Å². The lowest BCUT2D eigenvalue weighted by Gasteiger charge is -2.12. The number of carbonyl (C=O) groups excluding carboxylic acids is 1. The number of para-hydroxylation sites is 1. The molecule has 0 spiro atoms. The average molecular weight is 322 g/mol. The summed E-state index contributed by atoms with van der Waals surface area (Å²) in [5, 5.41) is 3.92. The van der Waals surface area contributed by atoms with E-state index in [4.69, 9.17) is 0 Å². The first-order chi connectivity index (χ1) is 10.3. The molecule has 120 valence electrons. The molecule has 0 saturated carbocycles. The van der Waals surface area contributed by atoms with Gasteiger partial charge in [-0.1, -0.05) is 18.2 Å². The third-order valence-corrected chi connectivity index (χ3v) is 4.59. The molecule has 1 aromatic carbocycles. The molecule has 0 aliphatic carbocycles. The topological polar surface area (TPSA) is 79.0 Å². The Morgan fingerprint density at radius 3 is 2.77 bits per heavy atom. The van der Waals surface area contributed by atoms with Gasteiger partial charge in [-0.3, -0.25) is 4.79 Å². The Morgan fingerprint density at radius 2 is 2.05 bits per heavy atom. The number of sulfone groups is 1. The number of aromatic nitrogens is 1. The van der Waals surface area contributed by atoms with E-state index in [9.17, 15) is 13.2 Å². The van der Waals surface area contributed by atoms with Crippen molar-refractivity contribution in [1.29, 1.82) is 0 Å². The Bertz CT molecular complexity index is 750. The Labute approximate surface area is 131 Å². The first-order valence-corrected chi connectivity index (χ1v) is 9.43. The fourth-order valence-electron chi connectivity index (χ4n) is 2.62. The zero-order valence-corrected chi connectivity index (χ0v) is 13.7. The summed E-state index contributed by atoms with van der Waals surface area (Å²) in [6.07, 6.45) is 5.10. The molecule has 0 saturated heterocycles. The molecule has 1 amide bonds. The van der Waals surface area contributed by atoms with Gasteiger partial charge in [-0.05, 0) is 31.4 Å². The normalized spacial score (nSPS) is 13.2. The van der Waals surface area contributed by atoms with Gasteiger partial charge in [0.2, 0.25) is 5.91 Å². The summed E-state index contributed by atoms with van der Waals surface area (Å²) in [5.74, 6) is -0.128. The maximum Gasteiger partial charge on any atom is 0.220 e. The summed E-state index contributed by atoms with van der Waals surface area (Å²) in [7, 11) is -3.07. The second-order valence-electron chi connectivity index (χ2n) is 5.77. The molecule has 2 rings (SSSR count). The first kappa shape index (κ1) is 16.5. The minimum atomic E-state index is -3.07. The van der Waals surface area contributed by atoms with Crippen molar-refractivity contribution in [3.05, 3.63) is 36.0 Å². The van der Waals surface area contributed by atoms with Crippen molar-refractivity contribution in [2.45, 2.75) is 32.2 Å². The fourth-order valence-corrected chi connectivity index (χ4v) is 3.61. The summed E-state index contributed by atoms with van der Waals surface area (Å²) in [5.41, 5.74) is 2.30. The summed E-state index contributed by atoms with van der Waals surface area (Å²) in [4.78, 5) is 15.0. The predicted molar refractivity (Wildman–Crippen MR) is 88.6 cm³/mol. The van der Waals surface area contributed by atoms with E-state index in [1.165, 1.54) is 17.2 Å². The smallest absolute Gasteiger partial charge is 0.220 e. The maximum absolute atomic E-state index is 11.8. The molecule has 1 aromatic heterocycles. The Balaban J connectivity index is 1.80. The van der Waals surface area contributed by atoms with Crippen LogP contribution in [0.4, 0.5) is 0 Å². The first-order valence-electron chi connectivity index (χ1n) is 7.37. The molecule has 2 N–H and O–H groups in total. The molecule has 6 heteroatoms. The van der Waals surface area contributed by atoms with Crippen LogP contribution in [0.1, 0.15) is 25.3 Å². The number of hydrogen-bond donors (Lipinski definition) is 2. The lowest BCUT2D eigenvalue weighted by atomic mass is 10.1. The Kier molecular flexibility index (Phi) is 5.24. The number of amides is 1. The van der Waals surface area contributed by atoms with E-state index in [1.807, 2.05) is 24.4 Å². The minimum absolute atomic E-state index is 0.0266. The van der Waals surface area contributed by atoms with Crippen molar-refractivity contribution in [3.8, 4) is 0 Å². The number of carbonyl (C=O) groups is 1. The highest BCUT2D eigenvalue weighted by Gasteiger charge is 2.13. The van der Waals surface area contributed by atoms with E-state index in [-0.39, 0.29) is 17.7 Å². The number of hydrogen-bond acceptors (Lipinski definition) is 3. The SMILES string of the molecule is C[C@@H](CS(C)(=O)=O)NC(=O)CCCc1c[nH]c2ccccc12. The summed E-state index contributed by atoms with van der Waals surface area (Å²) in [6.45, 7) is 1.71. The van der Waals surface area contributed by atoms with Crippen molar-refractivity contribution in [2.24, 2.45) is 0 Å². The van der Waals surface area contributed by atoms with Gasteiger partial charge in [0.1, 0.15) is 9.84 Å². The third-order valence-electron chi connectivity index (χ3n) is 3.49. The Morgan fingerprint density at radius 1 is 1.32 bits per heavy atom. The van der Waals surface area contributed by atoms with Crippen molar-refractivity contribution < 1.29 is 13.2 Å². The number of aryl methyl sites for hydroxylation is 1. The molecule has 1 atom stereocenters. The van der Waals surface area contributed by atoms with Crippen LogP contribution in [-0.4, -0.2) is 37.4 Å². The van der Waals surface area contributed by atoms with E-state index in [2.05, 4.69) is 16.4 Å². The molecule has 0 aliphatic heterocycles. The molecule has 0 aliphatic rings. The van der Waals surface area contributed by atoms with Crippen molar-refractivity contribution >= 4 is 26.6 Å². The fraction of sp³-hybridized carbons (Fsp3) is 0.438. The number of benzene rings is 1. The largest absolute Gasteiger partial charge is 0.361 e. The van der Waals surface area contributed by atoms with Crippen LogP contribution in [0, 0.1) is 0 Å². The van der Waals surface area contributed by atoms with Gasteiger partial charge in [-0.15, -0.1) is 0 Å². The summed E-state index contributed by atoms with van der Waals surface area (Å²) in [6, 6.07) is 7.72. The van der Waals surface area contributed by atoms with E-state index >= 15 is 0 Å². The van der Waals surface area contributed by atoms with Gasteiger partial charge in [0, 0.05) is 35.8 Å². The molecule has 0 fully saturated rings. The second-order valence-corrected chi connectivity index (χ2v) is 7.96. The van der Waals surface area contributed by atoms with Gasteiger partial charge in [0.05, 0.1) is 5.75 Å². The monoisotopic (exact) mass is 322 g/mol. The van der Waals surface area contributed by atoms with E-state index in [1.54, 1.807) is 6.92 Å². The highest BCUT2D eigenvalue weighted by molar-refractivity contribution is 7.90. The van der Waals surface area contributed by atoms with Crippen molar-refractivity contribution in [3.63, 3.8) is 0 Å². The number of fused-ring (bicyclic) bond motifs is 1. The van der Waals surface area contributed by atoms with Crippen molar-refractivity contribution in [1.82, 2.24) is 10.3 Å². The molecule has 22 heavy (non-hydrogen) atoms. The average Bonchev–Trinajstić information content (AvgIpc) is 2.80. The summed E-state index contributed by atoms with van der Waals surface area (Å²) >= 11 is 0. The quantitative estimate of drug-likeness (QED) is 0.819. The molecule has 0 bridgehead atoms. The lowest BCUT2D eigenvalue weighted by Crippen LogP contribution is -2.37. The molecule has 0 unspecified atom stereocenters. The van der Waals surface area contributed by atoms with Gasteiger partial charge < -0.3 is 10.3 Å². The zero-order chi connectivity index (χ0) is 16.2. The molecular formula is C16H22N2O3S. The highest BCUT2D eigenvalue weighted by atomic mass is 32.2.